The second-order valence-corrected chi connectivity index (χ2v) is 5.03. The Hall–Kier alpha value is -2.49. The van der Waals surface area contributed by atoms with Crippen LogP contribution in [0.15, 0.2) is 42.5 Å². The number of carbonyl (C=O) groups is 1. The number of aryl methyl sites for hydroxylation is 1. The fourth-order valence-corrected chi connectivity index (χ4v) is 2.27. The molecular formula is C17H17NO3. The van der Waals surface area contributed by atoms with Gasteiger partial charge < -0.3 is 14.8 Å². The van der Waals surface area contributed by atoms with Crippen molar-refractivity contribution in [3.05, 3.63) is 59.2 Å². The third-order valence-electron chi connectivity index (χ3n) is 3.34. The molecule has 2 aromatic carbocycles. The van der Waals surface area contributed by atoms with Gasteiger partial charge in [-0.15, -0.1) is 0 Å². The maximum atomic E-state index is 12.1. The van der Waals surface area contributed by atoms with Crippen LogP contribution in [0.1, 0.15) is 21.5 Å². The molecule has 1 N–H and O–H groups in total. The summed E-state index contributed by atoms with van der Waals surface area (Å²) in [6.07, 6.45) is 0. The van der Waals surface area contributed by atoms with Crippen molar-refractivity contribution in [1.29, 1.82) is 0 Å². The summed E-state index contributed by atoms with van der Waals surface area (Å²) in [5.74, 6) is 1.42. The van der Waals surface area contributed by atoms with Crippen LogP contribution in [0.2, 0.25) is 0 Å². The lowest BCUT2D eigenvalue weighted by molar-refractivity contribution is 0.0950. The van der Waals surface area contributed by atoms with Gasteiger partial charge in [-0.25, -0.2) is 0 Å². The Morgan fingerprint density at radius 2 is 1.90 bits per heavy atom. The molecule has 0 bridgehead atoms. The van der Waals surface area contributed by atoms with Crippen LogP contribution in [0, 0.1) is 6.92 Å². The molecule has 4 nitrogen and oxygen atoms in total. The standard InChI is InChI=1S/C17H17NO3/c1-12-3-2-4-14(9-12)17(19)18-11-13-5-6-15-16(10-13)21-8-7-20-15/h2-6,9-10H,7-8,11H2,1H3,(H,18,19). The number of nitrogens with one attached hydrogen (secondary N) is 1. The maximum absolute atomic E-state index is 12.1. The number of fused-ring (bicyclic) bond motifs is 1. The predicted octanol–water partition coefficient (Wildman–Crippen LogP) is 2.70. The molecule has 0 atom stereocenters. The van der Waals surface area contributed by atoms with Gasteiger partial charge in [-0.2, -0.15) is 0 Å². The molecule has 0 aromatic heterocycles. The monoisotopic (exact) mass is 283 g/mol. The Morgan fingerprint density at radius 1 is 1.10 bits per heavy atom. The van der Waals surface area contributed by atoms with Crippen molar-refractivity contribution in [1.82, 2.24) is 5.32 Å². The van der Waals surface area contributed by atoms with Gasteiger partial charge in [0.1, 0.15) is 13.2 Å². The van der Waals surface area contributed by atoms with Gasteiger partial charge in [0.25, 0.3) is 5.91 Å². The van der Waals surface area contributed by atoms with E-state index in [4.69, 9.17) is 9.47 Å². The lowest BCUT2D eigenvalue weighted by Crippen LogP contribution is -2.23. The average molecular weight is 283 g/mol. The summed E-state index contributed by atoms with van der Waals surface area (Å²) in [7, 11) is 0. The molecule has 0 aliphatic carbocycles. The van der Waals surface area contributed by atoms with Crippen molar-refractivity contribution in [2.75, 3.05) is 13.2 Å². The number of hydrogen-bond donors (Lipinski definition) is 1. The molecule has 0 saturated carbocycles. The molecule has 0 saturated heterocycles. The van der Waals surface area contributed by atoms with Gasteiger partial charge in [-0.3, -0.25) is 4.79 Å². The summed E-state index contributed by atoms with van der Waals surface area (Å²) in [4.78, 5) is 12.1. The number of amides is 1. The molecule has 0 fully saturated rings. The number of carbonyl (C=O) groups excluding carboxylic acids is 1. The van der Waals surface area contributed by atoms with Crippen LogP contribution in [0.25, 0.3) is 0 Å². The molecule has 1 heterocycles. The van der Waals surface area contributed by atoms with E-state index in [2.05, 4.69) is 5.32 Å². The van der Waals surface area contributed by atoms with Gasteiger partial charge in [0.15, 0.2) is 11.5 Å². The first kappa shape index (κ1) is 13.5. The van der Waals surface area contributed by atoms with Gasteiger partial charge in [0.2, 0.25) is 0 Å². The molecule has 3 rings (SSSR count). The summed E-state index contributed by atoms with van der Waals surface area (Å²) < 4.78 is 11.0. The molecule has 1 aliphatic heterocycles. The van der Waals surface area contributed by atoms with E-state index < -0.39 is 0 Å². The zero-order chi connectivity index (χ0) is 14.7. The first-order valence-electron chi connectivity index (χ1n) is 6.96. The van der Waals surface area contributed by atoms with Crippen molar-refractivity contribution in [2.45, 2.75) is 13.5 Å². The highest BCUT2D eigenvalue weighted by atomic mass is 16.6. The van der Waals surface area contributed by atoms with Crippen molar-refractivity contribution in [2.24, 2.45) is 0 Å². The minimum Gasteiger partial charge on any atom is -0.486 e. The number of benzene rings is 2. The molecule has 1 amide bonds. The van der Waals surface area contributed by atoms with Gasteiger partial charge in [0.05, 0.1) is 0 Å². The largest absolute Gasteiger partial charge is 0.486 e. The van der Waals surface area contributed by atoms with E-state index in [-0.39, 0.29) is 5.91 Å². The molecule has 0 spiro atoms. The smallest absolute Gasteiger partial charge is 0.251 e. The fourth-order valence-electron chi connectivity index (χ4n) is 2.27. The molecule has 1 aliphatic rings. The predicted molar refractivity (Wildman–Crippen MR) is 79.8 cm³/mol. The molecule has 21 heavy (non-hydrogen) atoms. The molecule has 0 radical (unpaired) electrons. The highest BCUT2D eigenvalue weighted by Crippen LogP contribution is 2.30. The number of ether oxygens (including phenoxy) is 2. The van der Waals surface area contributed by atoms with Crippen molar-refractivity contribution < 1.29 is 14.3 Å². The highest BCUT2D eigenvalue weighted by molar-refractivity contribution is 5.94. The Balaban J connectivity index is 1.66. The van der Waals surface area contributed by atoms with Crippen molar-refractivity contribution in [3.8, 4) is 11.5 Å². The molecule has 0 unspecified atom stereocenters. The summed E-state index contributed by atoms with van der Waals surface area (Å²) in [6, 6.07) is 13.3. The van der Waals surface area contributed by atoms with E-state index in [9.17, 15) is 4.79 Å². The van der Waals surface area contributed by atoms with E-state index in [1.54, 1.807) is 0 Å². The van der Waals surface area contributed by atoms with Crippen LogP contribution in [0.5, 0.6) is 11.5 Å². The van der Waals surface area contributed by atoms with Gasteiger partial charge in [-0.05, 0) is 36.8 Å². The van der Waals surface area contributed by atoms with Gasteiger partial charge in [0, 0.05) is 12.1 Å². The van der Waals surface area contributed by atoms with Crippen LogP contribution in [-0.4, -0.2) is 19.1 Å². The Bertz CT molecular complexity index is 667. The van der Waals surface area contributed by atoms with E-state index >= 15 is 0 Å². The Kier molecular flexibility index (Phi) is 3.77. The molecular weight excluding hydrogens is 266 g/mol. The molecule has 108 valence electrons. The Labute approximate surface area is 123 Å². The minimum absolute atomic E-state index is 0.0754. The van der Waals surface area contributed by atoms with Crippen molar-refractivity contribution >= 4 is 5.91 Å². The third kappa shape index (κ3) is 3.16. The van der Waals surface area contributed by atoms with E-state index in [1.807, 2.05) is 49.4 Å². The summed E-state index contributed by atoms with van der Waals surface area (Å²) >= 11 is 0. The Morgan fingerprint density at radius 3 is 2.71 bits per heavy atom. The average Bonchev–Trinajstić information content (AvgIpc) is 2.52. The fraction of sp³-hybridized carbons (Fsp3) is 0.235. The summed E-state index contributed by atoms with van der Waals surface area (Å²) in [5, 5.41) is 2.91. The second kappa shape index (κ2) is 5.87. The van der Waals surface area contributed by atoms with Crippen molar-refractivity contribution in [3.63, 3.8) is 0 Å². The molecule has 2 aromatic rings. The third-order valence-corrected chi connectivity index (χ3v) is 3.34. The second-order valence-electron chi connectivity index (χ2n) is 5.03. The first-order valence-corrected chi connectivity index (χ1v) is 6.96. The summed E-state index contributed by atoms with van der Waals surface area (Å²) in [5.41, 5.74) is 2.73. The maximum Gasteiger partial charge on any atom is 0.251 e. The highest BCUT2D eigenvalue weighted by Gasteiger charge is 2.12. The summed E-state index contributed by atoms with van der Waals surface area (Å²) in [6.45, 7) is 3.57. The van der Waals surface area contributed by atoms with E-state index in [1.165, 1.54) is 0 Å². The normalized spacial score (nSPS) is 12.8. The zero-order valence-corrected chi connectivity index (χ0v) is 11.9. The SMILES string of the molecule is Cc1cccc(C(=O)NCc2ccc3c(c2)OCCO3)c1. The topological polar surface area (TPSA) is 47.6 Å². The zero-order valence-electron chi connectivity index (χ0n) is 11.9. The van der Waals surface area contributed by atoms with Crippen LogP contribution < -0.4 is 14.8 Å². The minimum atomic E-state index is -0.0754. The first-order chi connectivity index (χ1) is 10.2. The van der Waals surface area contributed by atoms with Crippen LogP contribution in [0.4, 0.5) is 0 Å². The molecule has 4 heteroatoms. The van der Waals surface area contributed by atoms with Gasteiger partial charge >= 0.3 is 0 Å². The van der Waals surface area contributed by atoms with Crippen LogP contribution >= 0.6 is 0 Å². The lowest BCUT2D eigenvalue weighted by Gasteiger charge is -2.19. The lowest BCUT2D eigenvalue weighted by atomic mass is 10.1. The van der Waals surface area contributed by atoms with Crippen LogP contribution in [0.3, 0.4) is 0 Å². The van der Waals surface area contributed by atoms with Crippen LogP contribution in [-0.2, 0) is 6.54 Å². The quantitative estimate of drug-likeness (QED) is 0.942. The number of rotatable bonds is 3. The van der Waals surface area contributed by atoms with E-state index in [0.29, 0.717) is 25.3 Å². The number of hydrogen-bond acceptors (Lipinski definition) is 3. The van der Waals surface area contributed by atoms with E-state index in [0.717, 1.165) is 22.6 Å². The van der Waals surface area contributed by atoms with Gasteiger partial charge in [-0.1, -0.05) is 23.8 Å².